The Morgan fingerprint density at radius 1 is 0.900 bits per heavy atom. The summed E-state index contributed by atoms with van der Waals surface area (Å²) in [5, 5.41) is 6.18. The number of benzene rings is 2. The van der Waals surface area contributed by atoms with Crippen molar-refractivity contribution in [3.63, 3.8) is 0 Å². The van der Waals surface area contributed by atoms with E-state index in [1.165, 1.54) is 6.20 Å². The second-order valence-corrected chi connectivity index (χ2v) is 7.69. The zero-order chi connectivity index (χ0) is 21.3. The van der Waals surface area contributed by atoms with Crippen molar-refractivity contribution in [1.29, 1.82) is 0 Å². The van der Waals surface area contributed by atoms with Gasteiger partial charge in [-0.2, -0.15) is 0 Å². The van der Waals surface area contributed by atoms with Crippen LogP contribution in [0.5, 0.6) is 0 Å². The van der Waals surface area contributed by atoms with Crippen LogP contribution in [-0.4, -0.2) is 16.7 Å². The van der Waals surface area contributed by atoms with Crippen LogP contribution < -0.4 is 10.6 Å². The first-order valence-electron chi connectivity index (χ1n) is 10.2. The van der Waals surface area contributed by atoms with Crippen LogP contribution >= 0.6 is 0 Å². The number of hydrogen-bond donors (Lipinski definition) is 2. The highest BCUT2D eigenvalue weighted by Gasteiger charge is 2.09. The van der Waals surface area contributed by atoms with Crippen LogP contribution in [0.25, 0.3) is 0 Å². The van der Waals surface area contributed by atoms with Crippen LogP contribution in [0.2, 0.25) is 0 Å². The minimum Gasteiger partial charge on any atom is -0.355 e. The average molecular weight is 402 g/mol. The van der Waals surface area contributed by atoms with Gasteiger partial charge >= 0.3 is 0 Å². The van der Waals surface area contributed by atoms with Gasteiger partial charge in [-0.1, -0.05) is 38.5 Å². The van der Waals surface area contributed by atoms with Gasteiger partial charge in [0.15, 0.2) is 5.78 Å². The van der Waals surface area contributed by atoms with Crippen LogP contribution in [0.15, 0.2) is 73.1 Å². The fourth-order valence-electron chi connectivity index (χ4n) is 3.13. The molecule has 1 amide bonds. The number of anilines is 3. The third-order valence-corrected chi connectivity index (χ3v) is 4.70. The van der Waals surface area contributed by atoms with Crippen molar-refractivity contribution < 1.29 is 9.59 Å². The molecule has 0 saturated carbocycles. The molecule has 2 N–H and O–H groups in total. The molecule has 0 unspecified atom stereocenters. The predicted octanol–water partition coefficient (Wildman–Crippen LogP) is 6.09. The second-order valence-electron chi connectivity index (χ2n) is 7.69. The van der Waals surface area contributed by atoms with E-state index in [1.807, 2.05) is 48.5 Å². The van der Waals surface area contributed by atoms with E-state index >= 15 is 0 Å². The van der Waals surface area contributed by atoms with E-state index in [2.05, 4.69) is 29.5 Å². The topological polar surface area (TPSA) is 71.1 Å². The molecular weight excluding hydrogens is 374 g/mol. The Bertz CT molecular complexity index is 1000. The zero-order valence-corrected chi connectivity index (χ0v) is 17.4. The smallest absolute Gasteiger partial charge is 0.257 e. The number of carbonyl (C=O) groups excluding carboxylic acids is 2. The largest absolute Gasteiger partial charge is 0.355 e. The first kappa shape index (κ1) is 21.2. The third-order valence-electron chi connectivity index (χ3n) is 4.70. The maximum absolute atomic E-state index is 12.5. The molecule has 5 heteroatoms. The fraction of sp³-hybridized carbons (Fsp3) is 0.240. The molecule has 1 aromatic heterocycles. The number of amides is 1. The maximum atomic E-state index is 12.5. The quantitative estimate of drug-likeness (QED) is 0.426. The van der Waals surface area contributed by atoms with Crippen LogP contribution in [0, 0.1) is 5.92 Å². The summed E-state index contributed by atoms with van der Waals surface area (Å²) in [6.07, 6.45) is 5.69. The summed E-state index contributed by atoms with van der Waals surface area (Å²) in [6, 6.07) is 18.4. The molecular formula is C25H27N3O2. The number of hydrogen-bond acceptors (Lipinski definition) is 4. The zero-order valence-electron chi connectivity index (χ0n) is 17.4. The molecule has 3 aromatic rings. The average Bonchev–Trinajstić information content (AvgIpc) is 2.74. The number of Topliss-reactive ketones (excluding diaryl/α,β-unsaturated/α-hetero) is 1. The van der Waals surface area contributed by atoms with Gasteiger partial charge in [0.05, 0.1) is 5.56 Å². The maximum Gasteiger partial charge on any atom is 0.257 e. The van der Waals surface area contributed by atoms with E-state index in [0.29, 0.717) is 29.2 Å². The Morgan fingerprint density at radius 3 is 2.33 bits per heavy atom. The Kier molecular flexibility index (Phi) is 7.33. The highest BCUT2D eigenvalue weighted by molar-refractivity contribution is 6.04. The van der Waals surface area contributed by atoms with Crippen LogP contribution in [0.4, 0.5) is 17.1 Å². The van der Waals surface area contributed by atoms with Gasteiger partial charge in [0, 0.05) is 41.4 Å². The standard InChI is InChI=1S/C25H27N3O2/c1-18(2)7-3-13-24(29)19-8-4-10-21(15-19)27-22-11-5-12-23(16-22)28-25(30)20-9-6-14-26-17-20/h4-6,8-12,14-18,27H,3,7,13H2,1-2H3,(H,28,30). The fourth-order valence-corrected chi connectivity index (χ4v) is 3.13. The van der Waals surface area contributed by atoms with E-state index in [-0.39, 0.29) is 11.7 Å². The van der Waals surface area contributed by atoms with Gasteiger partial charge in [-0.05, 0) is 54.8 Å². The molecule has 0 aliphatic carbocycles. The van der Waals surface area contributed by atoms with E-state index < -0.39 is 0 Å². The van der Waals surface area contributed by atoms with Crippen LogP contribution in [-0.2, 0) is 0 Å². The first-order chi connectivity index (χ1) is 14.5. The molecule has 5 nitrogen and oxygen atoms in total. The number of nitrogens with zero attached hydrogens (tertiary/aromatic N) is 1. The Hall–Kier alpha value is -3.47. The van der Waals surface area contributed by atoms with Gasteiger partial charge < -0.3 is 10.6 Å². The van der Waals surface area contributed by atoms with Gasteiger partial charge in [0.25, 0.3) is 5.91 Å². The van der Waals surface area contributed by atoms with E-state index in [0.717, 1.165) is 24.2 Å². The Labute approximate surface area is 177 Å². The molecule has 3 rings (SSSR count). The third kappa shape index (κ3) is 6.27. The monoisotopic (exact) mass is 401 g/mol. The Balaban J connectivity index is 1.64. The summed E-state index contributed by atoms with van der Waals surface area (Å²) >= 11 is 0. The lowest BCUT2D eigenvalue weighted by Gasteiger charge is -2.11. The number of aromatic nitrogens is 1. The van der Waals surface area contributed by atoms with E-state index in [4.69, 9.17) is 0 Å². The lowest BCUT2D eigenvalue weighted by molar-refractivity contribution is 0.0977. The number of ketones is 1. The SMILES string of the molecule is CC(C)CCCC(=O)c1cccc(Nc2cccc(NC(=O)c3cccnc3)c2)c1. The van der Waals surface area contributed by atoms with Crippen molar-refractivity contribution in [3.05, 3.63) is 84.2 Å². The summed E-state index contributed by atoms with van der Waals surface area (Å²) in [5.41, 5.74) is 3.54. The first-order valence-corrected chi connectivity index (χ1v) is 10.2. The van der Waals surface area contributed by atoms with Crippen LogP contribution in [0.1, 0.15) is 53.8 Å². The Morgan fingerprint density at radius 2 is 1.60 bits per heavy atom. The summed E-state index contributed by atoms with van der Waals surface area (Å²) in [6.45, 7) is 4.34. The van der Waals surface area contributed by atoms with E-state index in [1.54, 1.807) is 18.3 Å². The number of nitrogens with one attached hydrogen (secondary N) is 2. The minimum atomic E-state index is -0.214. The molecule has 0 saturated heterocycles. The van der Waals surface area contributed by atoms with E-state index in [9.17, 15) is 9.59 Å². The summed E-state index contributed by atoms with van der Waals surface area (Å²) in [4.78, 5) is 28.8. The normalized spacial score (nSPS) is 10.6. The highest BCUT2D eigenvalue weighted by Crippen LogP contribution is 2.22. The minimum absolute atomic E-state index is 0.164. The number of rotatable bonds is 9. The molecule has 0 aliphatic rings. The molecule has 2 aromatic carbocycles. The molecule has 0 radical (unpaired) electrons. The van der Waals surface area contributed by atoms with Gasteiger partial charge in [-0.25, -0.2) is 0 Å². The molecule has 30 heavy (non-hydrogen) atoms. The lowest BCUT2D eigenvalue weighted by Crippen LogP contribution is -2.12. The summed E-state index contributed by atoms with van der Waals surface area (Å²) in [7, 11) is 0. The number of pyridine rings is 1. The molecule has 0 atom stereocenters. The van der Waals surface area contributed by atoms with Crippen molar-refractivity contribution in [2.45, 2.75) is 33.1 Å². The van der Waals surface area contributed by atoms with Gasteiger partial charge in [0.2, 0.25) is 0 Å². The molecule has 0 fully saturated rings. The molecule has 154 valence electrons. The second kappa shape index (κ2) is 10.3. The van der Waals surface area contributed by atoms with Gasteiger partial charge in [-0.15, -0.1) is 0 Å². The van der Waals surface area contributed by atoms with Crippen LogP contribution in [0.3, 0.4) is 0 Å². The molecule has 1 heterocycles. The summed E-state index contributed by atoms with van der Waals surface area (Å²) < 4.78 is 0. The van der Waals surface area contributed by atoms with Crippen molar-refractivity contribution in [2.75, 3.05) is 10.6 Å². The molecule has 0 aliphatic heterocycles. The van der Waals surface area contributed by atoms with Crippen molar-refractivity contribution >= 4 is 28.8 Å². The van der Waals surface area contributed by atoms with Crippen molar-refractivity contribution in [2.24, 2.45) is 5.92 Å². The van der Waals surface area contributed by atoms with Gasteiger partial charge in [-0.3, -0.25) is 14.6 Å². The molecule has 0 spiro atoms. The van der Waals surface area contributed by atoms with Gasteiger partial charge in [0.1, 0.15) is 0 Å². The van der Waals surface area contributed by atoms with Crippen molar-refractivity contribution in [1.82, 2.24) is 4.98 Å². The lowest BCUT2D eigenvalue weighted by atomic mass is 10.0. The highest BCUT2D eigenvalue weighted by atomic mass is 16.1. The number of carbonyl (C=O) groups is 2. The predicted molar refractivity (Wildman–Crippen MR) is 121 cm³/mol. The van der Waals surface area contributed by atoms with Crippen molar-refractivity contribution in [3.8, 4) is 0 Å². The molecule has 0 bridgehead atoms. The summed E-state index contributed by atoms with van der Waals surface area (Å²) in [5.74, 6) is 0.558.